The molecule has 0 radical (unpaired) electrons. The van der Waals surface area contributed by atoms with Crippen LogP contribution in [-0.2, 0) is 19.5 Å². The summed E-state index contributed by atoms with van der Waals surface area (Å²) in [5.41, 5.74) is 3.54. The molecule has 1 aromatic heterocycles. The number of imidazole rings is 1. The zero-order valence-corrected chi connectivity index (χ0v) is 19.0. The number of aromatic carboxylic acids is 1. The van der Waals surface area contributed by atoms with Crippen LogP contribution in [0, 0.1) is 5.92 Å². The largest absolute Gasteiger partial charge is 0.478 e. The molecule has 0 aliphatic carbocycles. The molecule has 2 aromatic carbocycles. The van der Waals surface area contributed by atoms with Crippen LogP contribution in [0.2, 0.25) is 5.15 Å². The second kappa shape index (κ2) is 10.0. The van der Waals surface area contributed by atoms with Crippen molar-refractivity contribution in [2.24, 2.45) is 5.92 Å². The Morgan fingerprint density at radius 2 is 1.74 bits per heavy atom. The molecule has 1 N–H and O–H groups in total. The third kappa shape index (κ3) is 5.10. The number of carboxylic acid groups (broad SMARTS) is 1. The minimum absolute atomic E-state index is 0.0746. The zero-order valence-electron chi connectivity index (χ0n) is 18.3. The van der Waals surface area contributed by atoms with Crippen LogP contribution in [0.5, 0.6) is 0 Å². The van der Waals surface area contributed by atoms with Crippen LogP contribution >= 0.6 is 11.6 Å². The number of halogens is 1. The van der Waals surface area contributed by atoms with Gasteiger partial charge >= 0.3 is 11.7 Å². The normalized spacial score (nSPS) is 11.3. The number of carboxylic acids is 1. The smallest absolute Gasteiger partial charge is 0.336 e. The highest BCUT2D eigenvalue weighted by molar-refractivity contribution is 6.30. The first kappa shape index (κ1) is 22.9. The molecule has 0 unspecified atom stereocenters. The van der Waals surface area contributed by atoms with E-state index in [1.807, 2.05) is 30.3 Å². The minimum atomic E-state index is -0.951. The molecule has 0 spiro atoms. The summed E-state index contributed by atoms with van der Waals surface area (Å²) in [6.07, 6.45) is 2.54. The third-order valence-electron chi connectivity index (χ3n) is 5.44. The van der Waals surface area contributed by atoms with Crippen LogP contribution < -0.4 is 5.69 Å². The third-order valence-corrected chi connectivity index (χ3v) is 5.86. The van der Waals surface area contributed by atoms with E-state index in [9.17, 15) is 14.7 Å². The van der Waals surface area contributed by atoms with Gasteiger partial charge in [-0.25, -0.2) is 9.59 Å². The lowest BCUT2D eigenvalue weighted by atomic mass is 9.99. The van der Waals surface area contributed by atoms with E-state index in [4.69, 9.17) is 11.6 Å². The van der Waals surface area contributed by atoms with E-state index in [0.29, 0.717) is 29.7 Å². The lowest BCUT2D eigenvalue weighted by Crippen LogP contribution is -2.26. The molecule has 3 rings (SSSR count). The molecule has 31 heavy (non-hydrogen) atoms. The number of aromatic nitrogens is 2. The van der Waals surface area contributed by atoms with E-state index in [1.165, 1.54) is 0 Å². The summed E-state index contributed by atoms with van der Waals surface area (Å²) in [6, 6.07) is 14.6. The Morgan fingerprint density at radius 1 is 1.06 bits per heavy atom. The summed E-state index contributed by atoms with van der Waals surface area (Å²) >= 11 is 6.60. The van der Waals surface area contributed by atoms with Crippen molar-refractivity contribution in [3.05, 3.63) is 81.0 Å². The Labute approximate surface area is 187 Å². The maximum atomic E-state index is 13.1. The van der Waals surface area contributed by atoms with Crippen molar-refractivity contribution < 1.29 is 9.90 Å². The number of rotatable bonds is 9. The highest BCUT2D eigenvalue weighted by Crippen LogP contribution is 2.25. The molecule has 0 bridgehead atoms. The van der Waals surface area contributed by atoms with Crippen molar-refractivity contribution in [2.75, 3.05) is 0 Å². The van der Waals surface area contributed by atoms with Gasteiger partial charge in [-0.2, -0.15) is 0 Å². The quantitative estimate of drug-likeness (QED) is 0.463. The first-order chi connectivity index (χ1) is 14.8. The molecule has 1 heterocycles. The number of nitrogens with zero attached hydrogens (tertiary/aromatic N) is 2. The number of carbonyl (C=O) groups is 1. The zero-order chi connectivity index (χ0) is 22.5. The summed E-state index contributed by atoms with van der Waals surface area (Å²) in [5.74, 6) is -0.463. The summed E-state index contributed by atoms with van der Waals surface area (Å²) in [6.45, 7) is 7.39. The van der Waals surface area contributed by atoms with Crippen LogP contribution in [0.1, 0.15) is 55.2 Å². The molecule has 0 aliphatic rings. The van der Waals surface area contributed by atoms with Gasteiger partial charge in [0, 0.05) is 6.54 Å². The summed E-state index contributed by atoms with van der Waals surface area (Å²) < 4.78 is 3.45. The van der Waals surface area contributed by atoms with Crippen LogP contribution in [0.15, 0.2) is 53.3 Å². The second-order valence-corrected chi connectivity index (χ2v) is 8.60. The molecule has 6 heteroatoms. The monoisotopic (exact) mass is 440 g/mol. The van der Waals surface area contributed by atoms with Gasteiger partial charge < -0.3 is 5.11 Å². The van der Waals surface area contributed by atoms with E-state index in [-0.39, 0.29) is 11.3 Å². The van der Waals surface area contributed by atoms with Gasteiger partial charge in [-0.05, 0) is 41.5 Å². The highest BCUT2D eigenvalue weighted by Gasteiger charge is 2.18. The van der Waals surface area contributed by atoms with E-state index < -0.39 is 5.97 Å². The van der Waals surface area contributed by atoms with E-state index in [0.717, 1.165) is 36.1 Å². The van der Waals surface area contributed by atoms with Crippen LogP contribution in [0.25, 0.3) is 11.1 Å². The fourth-order valence-corrected chi connectivity index (χ4v) is 4.08. The number of hydrogen-bond acceptors (Lipinski definition) is 2. The van der Waals surface area contributed by atoms with Gasteiger partial charge in [-0.3, -0.25) is 9.13 Å². The first-order valence-electron chi connectivity index (χ1n) is 10.7. The molecular formula is C25H29ClN2O3. The molecule has 0 atom stereocenters. The Bertz CT molecular complexity index is 1110. The summed E-state index contributed by atoms with van der Waals surface area (Å²) in [4.78, 5) is 24.6. The molecule has 0 saturated carbocycles. The van der Waals surface area contributed by atoms with Crippen molar-refractivity contribution in [1.82, 2.24) is 9.13 Å². The SMILES string of the molecule is CCCc1c(Cl)n(CCC(C)C)c(=O)n1Cc1ccc(-c2ccccc2C(=O)O)cc1. The fraction of sp³-hybridized carbons (Fsp3) is 0.360. The lowest BCUT2D eigenvalue weighted by molar-refractivity contribution is 0.0697. The lowest BCUT2D eigenvalue weighted by Gasteiger charge is -2.09. The number of hydrogen-bond donors (Lipinski definition) is 1. The van der Waals surface area contributed by atoms with Crippen molar-refractivity contribution in [1.29, 1.82) is 0 Å². The topological polar surface area (TPSA) is 64.2 Å². The molecule has 3 aromatic rings. The molecular weight excluding hydrogens is 412 g/mol. The van der Waals surface area contributed by atoms with Gasteiger partial charge in [0.25, 0.3) is 0 Å². The van der Waals surface area contributed by atoms with E-state index >= 15 is 0 Å². The standard InChI is InChI=1S/C25H29ClN2O3/c1-4-7-22-23(26)27(15-14-17(2)3)25(31)28(22)16-18-10-12-19(13-11-18)20-8-5-6-9-21(20)24(29)30/h5-6,8-13,17H,4,7,14-16H2,1-3H3,(H,29,30). The Kier molecular flexibility index (Phi) is 7.39. The highest BCUT2D eigenvalue weighted by atomic mass is 35.5. The number of benzene rings is 2. The summed E-state index contributed by atoms with van der Waals surface area (Å²) in [7, 11) is 0. The van der Waals surface area contributed by atoms with Gasteiger partial charge in [0.05, 0.1) is 17.8 Å². The molecule has 0 amide bonds. The average molecular weight is 441 g/mol. The second-order valence-electron chi connectivity index (χ2n) is 8.24. The Hall–Kier alpha value is -2.79. The molecule has 164 valence electrons. The van der Waals surface area contributed by atoms with Gasteiger partial charge in [-0.15, -0.1) is 0 Å². The predicted molar refractivity (Wildman–Crippen MR) is 125 cm³/mol. The van der Waals surface area contributed by atoms with Crippen molar-refractivity contribution in [2.45, 2.75) is 53.1 Å². The van der Waals surface area contributed by atoms with Gasteiger partial charge in [0.2, 0.25) is 0 Å². The molecule has 0 saturated heterocycles. The Morgan fingerprint density at radius 3 is 2.35 bits per heavy atom. The maximum Gasteiger partial charge on any atom is 0.336 e. The van der Waals surface area contributed by atoms with Crippen molar-refractivity contribution >= 4 is 17.6 Å². The van der Waals surface area contributed by atoms with Gasteiger partial charge in [0.1, 0.15) is 5.15 Å². The van der Waals surface area contributed by atoms with E-state index in [1.54, 1.807) is 27.3 Å². The minimum Gasteiger partial charge on any atom is -0.478 e. The Balaban J connectivity index is 1.92. The van der Waals surface area contributed by atoms with Gasteiger partial charge in [-0.1, -0.05) is 81.3 Å². The molecule has 0 aliphatic heterocycles. The summed E-state index contributed by atoms with van der Waals surface area (Å²) in [5, 5.41) is 9.98. The van der Waals surface area contributed by atoms with Crippen LogP contribution in [0.3, 0.4) is 0 Å². The van der Waals surface area contributed by atoms with Crippen molar-refractivity contribution in [3.8, 4) is 11.1 Å². The van der Waals surface area contributed by atoms with E-state index in [2.05, 4.69) is 20.8 Å². The fourth-order valence-electron chi connectivity index (χ4n) is 3.72. The first-order valence-corrected chi connectivity index (χ1v) is 11.1. The predicted octanol–water partition coefficient (Wildman–Crippen LogP) is 5.72. The van der Waals surface area contributed by atoms with Crippen LogP contribution in [-0.4, -0.2) is 20.2 Å². The average Bonchev–Trinajstić information content (AvgIpc) is 2.97. The van der Waals surface area contributed by atoms with Gasteiger partial charge in [0.15, 0.2) is 0 Å². The maximum absolute atomic E-state index is 13.1. The van der Waals surface area contributed by atoms with Crippen LogP contribution in [0.4, 0.5) is 0 Å². The molecule has 0 fully saturated rings. The molecule has 5 nitrogen and oxygen atoms in total. The van der Waals surface area contributed by atoms with Crippen molar-refractivity contribution in [3.63, 3.8) is 0 Å².